The minimum Gasteiger partial charge on any atom is -0.379 e. The van der Waals surface area contributed by atoms with Gasteiger partial charge in [-0.1, -0.05) is 34.8 Å². The molecule has 1 fully saturated rings. The van der Waals surface area contributed by atoms with Gasteiger partial charge in [-0.2, -0.15) is 0 Å². The summed E-state index contributed by atoms with van der Waals surface area (Å²) in [6.07, 6.45) is 0. The molecule has 1 aliphatic heterocycles. The van der Waals surface area contributed by atoms with E-state index in [1.54, 1.807) is 52.2 Å². The zero-order valence-electron chi connectivity index (χ0n) is 15.5. The molecule has 158 valence electrons. The summed E-state index contributed by atoms with van der Waals surface area (Å²) < 4.78 is 6.85. The van der Waals surface area contributed by atoms with Crippen molar-refractivity contribution in [3.05, 3.63) is 63.4 Å². The fraction of sp³-hybridized carbons (Fsp3) is 0.211. The first-order valence-electron chi connectivity index (χ1n) is 8.83. The molecule has 1 N–H and O–H groups in total. The monoisotopic (exact) mass is 487 g/mol. The van der Waals surface area contributed by atoms with Gasteiger partial charge in [0, 0.05) is 28.7 Å². The van der Waals surface area contributed by atoms with Crippen molar-refractivity contribution in [1.82, 2.24) is 25.2 Å². The molecule has 11 heteroatoms. The van der Waals surface area contributed by atoms with Crippen LogP contribution in [0.3, 0.4) is 0 Å². The van der Waals surface area contributed by atoms with Crippen LogP contribution in [0.4, 0.5) is 0 Å². The van der Waals surface area contributed by atoms with Crippen LogP contribution in [-0.2, 0) is 4.74 Å². The zero-order valence-corrected chi connectivity index (χ0v) is 18.6. The van der Waals surface area contributed by atoms with E-state index in [-0.39, 0.29) is 18.2 Å². The third kappa shape index (κ3) is 5.06. The molecule has 0 unspecified atom stereocenters. The van der Waals surface area contributed by atoms with Crippen LogP contribution < -0.4 is 5.43 Å². The van der Waals surface area contributed by atoms with E-state index in [2.05, 4.69) is 15.5 Å². The quantitative estimate of drug-likeness (QED) is 0.592. The number of nitrogens with one attached hydrogen (secondary N) is 1. The Morgan fingerprint density at radius 2 is 1.67 bits per heavy atom. The molecule has 0 radical (unpaired) electrons. The van der Waals surface area contributed by atoms with Gasteiger partial charge in [-0.05, 0) is 42.5 Å². The largest absolute Gasteiger partial charge is 0.379 e. The van der Waals surface area contributed by atoms with Crippen LogP contribution in [0.1, 0.15) is 10.6 Å². The van der Waals surface area contributed by atoms with Gasteiger partial charge in [-0.3, -0.25) is 10.2 Å². The molecule has 0 atom stereocenters. The summed E-state index contributed by atoms with van der Waals surface area (Å²) >= 11 is 18.4. The summed E-state index contributed by atoms with van der Waals surface area (Å²) in [6, 6.07) is 12.1. The predicted molar refractivity (Wildman–Crippen MR) is 119 cm³/mol. The van der Waals surface area contributed by atoms with Gasteiger partial charge >= 0.3 is 5.91 Å². The van der Waals surface area contributed by atoms with Crippen molar-refractivity contribution in [3.8, 4) is 17.1 Å². The normalized spacial score (nSPS) is 14.2. The molecule has 7 nitrogen and oxygen atoms in total. The summed E-state index contributed by atoms with van der Waals surface area (Å²) in [6.45, 7) is 2.30. The molecule has 0 bridgehead atoms. The molecule has 2 aromatic carbocycles. The number of hydrazine groups is 1. The lowest BCUT2D eigenvalue weighted by molar-refractivity contribution is 0.0123. The molecule has 2 heterocycles. The summed E-state index contributed by atoms with van der Waals surface area (Å²) in [5.41, 5.74) is 4.10. The standard InChI is InChI=1S/C19H16Cl3N5O2.ClH/c20-12-1-4-14(5-2-12)27-18(15-6-3-13(21)11-16(15)22)23-17(24-27)19(28)25-26-7-9-29-10-8-26;/h1-6,11H,7-10H2,(H,25,28);1H. The van der Waals surface area contributed by atoms with Crippen molar-refractivity contribution in [2.75, 3.05) is 26.3 Å². The van der Waals surface area contributed by atoms with Crippen LogP contribution in [-0.4, -0.2) is 52.0 Å². The van der Waals surface area contributed by atoms with Gasteiger partial charge in [0.05, 0.1) is 23.9 Å². The van der Waals surface area contributed by atoms with E-state index in [1.165, 1.54) is 0 Å². The summed E-state index contributed by atoms with van der Waals surface area (Å²) in [5.74, 6) is 0.0273. The Labute approximate surface area is 194 Å². The number of halogens is 4. The van der Waals surface area contributed by atoms with E-state index in [9.17, 15) is 4.79 Å². The molecule has 30 heavy (non-hydrogen) atoms. The maximum atomic E-state index is 12.7. The minimum absolute atomic E-state index is 0. The maximum absolute atomic E-state index is 12.7. The van der Waals surface area contributed by atoms with Gasteiger partial charge in [0.2, 0.25) is 5.82 Å². The first kappa shape index (κ1) is 22.8. The summed E-state index contributed by atoms with van der Waals surface area (Å²) in [7, 11) is 0. The molecule has 0 aliphatic carbocycles. The van der Waals surface area contributed by atoms with Crippen molar-refractivity contribution < 1.29 is 9.53 Å². The highest BCUT2D eigenvalue weighted by Crippen LogP contribution is 2.31. The van der Waals surface area contributed by atoms with Gasteiger partial charge in [-0.15, -0.1) is 17.5 Å². The Kier molecular flexibility index (Phi) is 7.57. The van der Waals surface area contributed by atoms with Crippen molar-refractivity contribution >= 4 is 53.1 Å². The zero-order chi connectivity index (χ0) is 20.4. The topological polar surface area (TPSA) is 72.3 Å². The van der Waals surface area contributed by atoms with Gasteiger partial charge < -0.3 is 4.74 Å². The number of hydrogen-bond donors (Lipinski definition) is 1. The van der Waals surface area contributed by atoms with E-state index in [1.807, 2.05) is 0 Å². The van der Waals surface area contributed by atoms with E-state index < -0.39 is 5.91 Å². The fourth-order valence-corrected chi connectivity index (χ4v) is 3.50. The number of hydrogen-bond acceptors (Lipinski definition) is 5. The second kappa shape index (κ2) is 9.96. The second-order valence-electron chi connectivity index (χ2n) is 6.31. The molecule has 1 amide bonds. The SMILES string of the molecule is Cl.O=C(NN1CCOCC1)c1nc(-c2ccc(Cl)cc2Cl)n(-c2ccc(Cl)cc2)n1. The number of morpholine rings is 1. The molecular formula is C19H17Cl4N5O2. The van der Waals surface area contributed by atoms with Gasteiger partial charge in [0.25, 0.3) is 0 Å². The molecular weight excluding hydrogens is 472 g/mol. The van der Waals surface area contributed by atoms with Crippen LogP contribution in [0, 0.1) is 0 Å². The van der Waals surface area contributed by atoms with Crippen molar-refractivity contribution in [1.29, 1.82) is 0 Å². The Hall–Kier alpha value is -1.87. The smallest absolute Gasteiger partial charge is 0.305 e. The van der Waals surface area contributed by atoms with Crippen molar-refractivity contribution in [2.45, 2.75) is 0 Å². The first-order chi connectivity index (χ1) is 14.0. The Morgan fingerprint density at radius 3 is 2.33 bits per heavy atom. The molecule has 0 saturated carbocycles. The lowest BCUT2D eigenvalue weighted by atomic mass is 10.2. The first-order valence-corrected chi connectivity index (χ1v) is 9.97. The number of amides is 1. The van der Waals surface area contributed by atoms with Crippen LogP contribution in [0.25, 0.3) is 17.1 Å². The molecule has 0 spiro atoms. The van der Waals surface area contributed by atoms with E-state index >= 15 is 0 Å². The van der Waals surface area contributed by atoms with Gasteiger partial charge in [-0.25, -0.2) is 14.7 Å². The number of ether oxygens (including phenoxy) is 1. The number of aromatic nitrogens is 3. The highest BCUT2D eigenvalue weighted by Gasteiger charge is 2.22. The fourth-order valence-electron chi connectivity index (χ4n) is 2.88. The van der Waals surface area contributed by atoms with E-state index in [0.717, 1.165) is 0 Å². The molecule has 1 aromatic heterocycles. The number of rotatable bonds is 4. The van der Waals surface area contributed by atoms with Crippen LogP contribution in [0.2, 0.25) is 15.1 Å². The number of nitrogens with zero attached hydrogens (tertiary/aromatic N) is 4. The van der Waals surface area contributed by atoms with E-state index in [0.29, 0.717) is 58.4 Å². The minimum atomic E-state index is -0.411. The van der Waals surface area contributed by atoms with Crippen LogP contribution in [0.15, 0.2) is 42.5 Å². The second-order valence-corrected chi connectivity index (χ2v) is 7.59. The number of benzene rings is 2. The number of carbonyl (C=O) groups excluding carboxylic acids is 1. The molecule has 4 rings (SSSR count). The average Bonchev–Trinajstić information content (AvgIpc) is 3.14. The van der Waals surface area contributed by atoms with Gasteiger partial charge in [0.1, 0.15) is 0 Å². The molecule has 1 aliphatic rings. The molecule has 3 aromatic rings. The number of carbonyl (C=O) groups is 1. The molecule has 1 saturated heterocycles. The highest BCUT2D eigenvalue weighted by atomic mass is 35.5. The maximum Gasteiger partial charge on any atom is 0.305 e. The third-order valence-corrected chi connectivity index (χ3v) is 5.12. The van der Waals surface area contributed by atoms with Gasteiger partial charge in [0.15, 0.2) is 5.82 Å². The van der Waals surface area contributed by atoms with Crippen LogP contribution in [0.5, 0.6) is 0 Å². The third-order valence-electron chi connectivity index (χ3n) is 4.32. The lowest BCUT2D eigenvalue weighted by Gasteiger charge is -2.26. The lowest BCUT2D eigenvalue weighted by Crippen LogP contribution is -2.48. The summed E-state index contributed by atoms with van der Waals surface area (Å²) in [5, 5.41) is 7.69. The van der Waals surface area contributed by atoms with Crippen molar-refractivity contribution in [2.24, 2.45) is 0 Å². The van der Waals surface area contributed by atoms with Crippen LogP contribution >= 0.6 is 47.2 Å². The summed E-state index contributed by atoms with van der Waals surface area (Å²) in [4.78, 5) is 17.2. The average molecular weight is 489 g/mol. The van der Waals surface area contributed by atoms with E-state index in [4.69, 9.17) is 39.5 Å². The van der Waals surface area contributed by atoms with Crippen molar-refractivity contribution in [3.63, 3.8) is 0 Å². The predicted octanol–water partition coefficient (Wildman–Crippen LogP) is 4.29. The Morgan fingerprint density at radius 1 is 1.00 bits per heavy atom. The highest BCUT2D eigenvalue weighted by molar-refractivity contribution is 6.36. The Balaban J connectivity index is 0.00000256. The Bertz CT molecular complexity index is 1040.